The van der Waals surface area contributed by atoms with E-state index in [1.807, 2.05) is 48.5 Å². The molecule has 8 heteroatoms. The average Bonchev–Trinajstić information content (AvgIpc) is 2.91. The molecule has 0 saturated carbocycles. The van der Waals surface area contributed by atoms with Crippen molar-refractivity contribution >= 4 is 39.3 Å². The molecule has 0 spiro atoms. The van der Waals surface area contributed by atoms with Crippen LogP contribution in [0.4, 0.5) is 16.2 Å². The zero-order valence-corrected chi connectivity index (χ0v) is 24.2. The molecule has 1 aliphatic rings. The lowest BCUT2D eigenvalue weighted by Gasteiger charge is -2.36. The van der Waals surface area contributed by atoms with Crippen LogP contribution >= 0.6 is 15.9 Å². The molecule has 1 heterocycles. The lowest BCUT2D eigenvalue weighted by atomic mass is 9.99. The second-order valence-corrected chi connectivity index (χ2v) is 11.6. The Morgan fingerprint density at radius 1 is 0.949 bits per heavy atom. The number of carbonyl (C=O) groups excluding carboxylic acids is 2. The number of likely N-dealkylation sites (tertiary alicyclic amines) is 1. The van der Waals surface area contributed by atoms with Gasteiger partial charge in [-0.05, 0) is 63.7 Å². The van der Waals surface area contributed by atoms with Crippen molar-refractivity contribution in [3.8, 4) is 11.1 Å². The van der Waals surface area contributed by atoms with E-state index in [4.69, 9.17) is 4.74 Å². The van der Waals surface area contributed by atoms with E-state index in [0.717, 1.165) is 57.1 Å². The first-order valence-corrected chi connectivity index (χ1v) is 14.2. The van der Waals surface area contributed by atoms with Gasteiger partial charge in [0, 0.05) is 29.3 Å². The fourth-order valence-corrected chi connectivity index (χ4v) is 5.32. The van der Waals surface area contributed by atoms with Gasteiger partial charge in [-0.2, -0.15) is 0 Å². The molecule has 0 unspecified atom stereocenters. The van der Waals surface area contributed by atoms with E-state index < -0.39 is 6.09 Å². The number of amides is 2. The topological polar surface area (TPSA) is 87.7 Å². The quantitative estimate of drug-likeness (QED) is 0.252. The lowest BCUT2D eigenvalue weighted by molar-refractivity contribution is -0.896. The Balaban J connectivity index is 1.38. The number of piperidine rings is 1. The molecule has 2 amide bonds. The van der Waals surface area contributed by atoms with Crippen LogP contribution in [0.3, 0.4) is 0 Å². The monoisotopic (exact) mass is 594 g/mol. The van der Waals surface area contributed by atoms with Crippen LogP contribution in [0.1, 0.15) is 36.8 Å². The first-order valence-electron chi connectivity index (χ1n) is 13.4. The van der Waals surface area contributed by atoms with Crippen molar-refractivity contribution in [2.75, 3.05) is 37.8 Å². The van der Waals surface area contributed by atoms with Gasteiger partial charge in [-0.3, -0.25) is 10.1 Å². The fraction of sp³-hybridized carbons (Fsp3) is 0.355. The number of hydrogen-bond donors (Lipinski definition) is 3. The van der Waals surface area contributed by atoms with Gasteiger partial charge < -0.3 is 19.6 Å². The number of aryl methyl sites for hydroxylation is 1. The number of aliphatic hydroxyl groups excluding tert-OH is 1. The molecule has 1 fully saturated rings. The number of quaternary nitrogens is 1. The molecule has 206 valence electrons. The van der Waals surface area contributed by atoms with E-state index in [1.54, 1.807) is 18.2 Å². The number of nitrogens with one attached hydrogen (secondary N) is 2. The largest absolute Gasteiger partial charge is 0.446 e. The Kier molecular flexibility index (Phi) is 9.78. The van der Waals surface area contributed by atoms with Crippen LogP contribution in [0.15, 0.2) is 71.2 Å². The second kappa shape index (κ2) is 13.2. The van der Waals surface area contributed by atoms with Crippen LogP contribution < -0.4 is 10.6 Å². The Morgan fingerprint density at radius 2 is 1.67 bits per heavy atom. The van der Waals surface area contributed by atoms with E-state index in [2.05, 4.69) is 40.7 Å². The molecule has 1 saturated heterocycles. The number of benzene rings is 3. The number of hydrogen-bond acceptors (Lipinski definition) is 4. The summed E-state index contributed by atoms with van der Waals surface area (Å²) in [6.07, 6.45) is 2.91. The van der Waals surface area contributed by atoms with Crippen LogP contribution in [0.25, 0.3) is 11.1 Å². The summed E-state index contributed by atoms with van der Waals surface area (Å²) in [5.74, 6) is -0.0791. The molecule has 3 N–H and O–H groups in total. The fourth-order valence-electron chi connectivity index (χ4n) is 4.80. The third-order valence-electron chi connectivity index (χ3n) is 7.15. The summed E-state index contributed by atoms with van der Waals surface area (Å²) in [6, 6.07) is 21.3. The van der Waals surface area contributed by atoms with Gasteiger partial charge in [0.15, 0.2) is 0 Å². The maximum absolute atomic E-state index is 12.9. The van der Waals surface area contributed by atoms with Crippen molar-refractivity contribution in [2.45, 2.75) is 44.8 Å². The molecule has 0 bridgehead atoms. The number of carbonyl (C=O) groups is 2. The highest BCUT2D eigenvalue weighted by Gasteiger charge is 2.28. The highest BCUT2D eigenvalue weighted by molar-refractivity contribution is 9.10. The molecule has 1 aliphatic heterocycles. The molecular weight excluding hydrogens is 558 g/mol. The summed E-state index contributed by atoms with van der Waals surface area (Å²) in [4.78, 5) is 25.4. The maximum Gasteiger partial charge on any atom is 0.411 e. The Hall–Kier alpha value is -3.20. The summed E-state index contributed by atoms with van der Waals surface area (Å²) in [7, 11) is 4.40. The summed E-state index contributed by atoms with van der Waals surface area (Å²) in [5, 5.41) is 15.2. The Labute approximate surface area is 238 Å². The van der Waals surface area contributed by atoms with Crippen LogP contribution in [0.5, 0.6) is 0 Å². The smallest absolute Gasteiger partial charge is 0.411 e. The number of ether oxygens (including phenoxy) is 1. The van der Waals surface area contributed by atoms with Gasteiger partial charge in [0.1, 0.15) is 6.10 Å². The second-order valence-electron chi connectivity index (χ2n) is 10.7. The van der Waals surface area contributed by atoms with E-state index in [-0.39, 0.29) is 18.6 Å². The highest BCUT2D eigenvalue weighted by atomic mass is 79.9. The minimum absolute atomic E-state index is 0.0528. The lowest BCUT2D eigenvalue weighted by Crippen LogP contribution is -2.48. The molecule has 7 nitrogen and oxygen atoms in total. The summed E-state index contributed by atoms with van der Waals surface area (Å²) in [5.41, 5.74) is 5.11. The van der Waals surface area contributed by atoms with Crippen molar-refractivity contribution in [1.29, 1.82) is 0 Å². The van der Waals surface area contributed by atoms with Gasteiger partial charge in [0.25, 0.3) is 0 Å². The maximum atomic E-state index is 12.9. The van der Waals surface area contributed by atoms with Crippen LogP contribution in [-0.4, -0.2) is 54.9 Å². The Bertz CT molecular complexity index is 1290. The zero-order chi connectivity index (χ0) is 27.8. The molecule has 39 heavy (non-hydrogen) atoms. The number of aliphatic hydroxyl groups is 1. The first-order chi connectivity index (χ1) is 18.7. The summed E-state index contributed by atoms with van der Waals surface area (Å²) < 4.78 is 7.47. The zero-order valence-electron chi connectivity index (χ0n) is 22.6. The number of nitrogens with zero attached hydrogens (tertiary/aromatic N) is 1. The van der Waals surface area contributed by atoms with Crippen molar-refractivity contribution < 1.29 is 23.9 Å². The number of anilines is 2. The van der Waals surface area contributed by atoms with Crippen LogP contribution in [0.2, 0.25) is 0 Å². The first kappa shape index (κ1) is 28.8. The Morgan fingerprint density at radius 3 is 2.36 bits per heavy atom. The number of rotatable bonds is 9. The minimum atomic E-state index is -0.432. The van der Waals surface area contributed by atoms with Gasteiger partial charge in [0.05, 0.1) is 45.2 Å². The standard InChI is InChI=1S/C31H36BrN3O4/c1-35(2)17-15-25(16-18-35)39-31(38)34-29-20-22(11-13-26(29)24-8-4-3-5-9-24)7-6-10-30(37)33-28-14-12-23(21-36)19-27(28)32/h3-5,8-9,11-14,19-20,25,36H,6-7,10,15-18,21H2,1-2H3,(H-,33,34,37,38)/p+1. The van der Waals surface area contributed by atoms with Crippen molar-refractivity contribution in [3.05, 3.63) is 82.3 Å². The molecule has 0 radical (unpaired) electrons. The third-order valence-corrected chi connectivity index (χ3v) is 7.81. The van der Waals surface area contributed by atoms with Crippen LogP contribution in [-0.2, 0) is 22.6 Å². The molecule has 0 aromatic heterocycles. The molecule has 3 aromatic carbocycles. The molecule has 0 atom stereocenters. The molecule has 0 aliphatic carbocycles. The van der Waals surface area contributed by atoms with Gasteiger partial charge in [0.2, 0.25) is 5.91 Å². The van der Waals surface area contributed by atoms with Gasteiger partial charge in [-0.15, -0.1) is 0 Å². The van der Waals surface area contributed by atoms with Gasteiger partial charge in [-0.1, -0.05) is 48.5 Å². The summed E-state index contributed by atoms with van der Waals surface area (Å²) in [6.45, 7) is 1.92. The molecule has 4 rings (SSSR count). The van der Waals surface area contributed by atoms with E-state index in [9.17, 15) is 14.7 Å². The predicted molar refractivity (Wildman–Crippen MR) is 158 cm³/mol. The summed E-state index contributed by atoms with van der Waals surface area (Å²) >= 11 is 3.44. The normalized spacial score (nSPS) is 15.0. The minimum Gasteiger partial charge on any atom is -0.446 e. The highest BCUT2D eigenvalue weighted by Crippen LogP contribution is 2.30. The predicted octanol–water partition coefficient (Wildman–Crippen LogP) is 6.36. The molecular formula is C31H37BrN3O4+. The number of halogens is 1. The van der Waals surface area contributed by atoms with Gasteiger partial charge >= 0.3 is 6.09 Å². The SMILES string of the molecule is C[N+]1(C)CCC(OC(=O)Nc2cc(CCCC(=O)Nc3ccc(CO)cc3Br)ccc2-c2ccccc2)CC1. The van der Waals surface area contributed by atoms with E-state index in [0.29, 0.717) is 30.6 Å². The van der Waals surface area contributed by atoms with E-state index in [1.165, 1.54) is 0 Å². The van der Waals surface area contributed by atoms with Crippen LogP contribution in [0, 0.1) is 0 Å². The molecule has 3 aromatic rings. The van der Waals surface area contributed by atoms with E-state index >= 15 is 0 Å². The third kappa shape index (κ3) is 8.39. The average molecular weight is 596 g/mol. The van der Waals surface area contributed by atoms with Gasteiger partial charge in [-0.25, -0.2) is 4.79 Å². The van der Waals surface area contributed by atoms with Crippen molar-refractivity contribution in [1.82, 2.24) is 0 Å². The van der Waals surface area contributed by atoms with Crippen molar-refractivity contribution in [3.63, 3.8) is 0 Å². The van der Waals surface area contributed by atoms with Crippen molar-refractivity contribution in [2.24, 2.45) is 0 Å².